The number of hydrogen-bond acceptors (Lipinski definition) is 3. The molecule has 0 bridgehead atoms. The third-order valence-corrected chi connectivity index (χ3v) is 2.66. The molecule has 0 saturated carbocycles. The van der Waals surface area contributed by atoms with Crippen LogP contribution in [0.25, 0.3) is 0 Å². The van der Waals surface area contributed by atoms with Gasteiger partial charge in [0.25, 0.3) is 10.1 Å². The first-order chi connectivity index (χ1) is 6.03. The normalized spacial score (nSPS) is 14.1. The van der Waals surface area contributed by atoms with Crippen molar-refractivity contribution in [3.8, 4) is 0 Å². The molecule has 0 unspecified atom stereocenters. The Labute approximate surface area is 83.7 Å². The van der Waals surface area contributed by atoms with Crippen LogP contribution in [0.3, 0.4) is 0 Å². The summed E-state index contributed by atoms with van der Waals surface area (Å²) in [6.07, 6.45) is 1.43. The van der Waals surface area contributed by atoms with E-state index < -0.39 is 27.2 Å². The first-order valence-corrected chi connectivity index (χ1v) is 5.59. The van der Waals surface area contributed by atoms with E-state index in [9.17, 15) is 13.2 Å². The summed E-state index contributed by atoms with van der Waals surface area (Å²) in [5.74, 6) is -1.04. The summed E-state index contributed by atoms with van der Waals surface area (Å²) in [5, 5.41) is 0. The van der Waals surface area contributed by atoms with Gasteiger partial charge in [0.1, 0.15) is 0 Å². The molecule has 0 aliphatic rings. The smallest absolute Gasteiger partial charge is 0.265 e. The van der Waals surface area contributed by atoms with Crippen LogP contribution in [0.1, 0.15) is 20.8 Å². The maximum absolute atomic E-state index is 10.7. The summed E-state index contributed by atoms with van der Waals surface area (Å²) in [4.78, 5) is 10.7. The summed E-state index contributed by atoms with van der Waals surface area (Å²) in [6.45, 7) is 4.68. The minimum Gasteiger partial charge on any atom is -0.366 e. The highest BCUT2D eigenvalue weighted by Crippen LogP contribution is 2.21. The Morgan fingerprint density at radius 3 is 2.21 bits per heavy atom. The Morgan fingerprint density at radius 1 is 1.50 bits per heavy atom. The van der Waals surface area contributed by atoms with Crippen LogP contribution in [-0.2, 0) is 14.9 Å². The Balaban J connectivity index is 4.82. The molecule has 0 rings (SSSR count). The lowest BCUT2D eigenvalue weighted by atomic mass is 9.93. The summed E-state index contributed by atoms with van der Waals surface area (Å²) in [7, 11) is -4.05. The van der Waals surface area contributed by atoms with Gasteiger partial charge in [0.05, 0.1) is 5.75 Å². The predicted molar refractivity (Wildman–Crippen MR) is 53.1 cm³/mol. The van der Waals surface area contributed by atoms with E-state index in [0.717, 1.165) is 0 Å². The molecule has 0 aromatic heterocycles. The largest absolute Gasteiger partial charge is 0.366 e. The van der Waals surface area contributed by atoms with E-state index in [1.807, 2.05) is 0 Å². The number of nitrogens with two attached hydrogens (primary N) is 1. The maximum atomic E-state index is 10.7. The monoisotopic (exact) mass is 221 g/mol. The third kappa shape index (κ3) is 5.71. The molecule has 0 aromatic rings. The molecular formula is C8H15NO4S. The number of rotatable bonds is 4. The van der Waals surface area contributed by atoms with Crippen molar-refractivity contribution in [1.29, 1.82) is 0 Å². The maximum Gasteiger partial charge on any atom is 0.265 e. The van der Waals surface area contributed by atoms with E-state index in [-0.39, 0.29) is 5.57 Å². The van der Waals surface area contributed by atoms with Crippen molar-refractivity contribution < 1.29 is 17.8 Å². The fourth-order valence-electron chi connectivity index (χ4n) is 1.17. The number of amides is 1. The Morgan fingerprint density at radius 2 is 1.93 bits per heavy atom. The second kappa shape index (κ2) is 4.10. The second-order valence-electron chi connectivity index (χ2n) is 3.91. The number of hydrogen-bond donors (Lipinski definition) is 2. The molecule has 0 atom stereocenters. The van der Waals surface area contributed by atoms with Crippen molar-refractivity contribution in [2.75, 3.05) is 5.75 Å². The van der Waals surface area contributed by atoms with Gasteiger partial charge >= 0.3 is 0 Å². The van der Waals surface area contributed by atoms with E-state index >= 15 is 0 Å². The molecule has 1 amide bonds. The van der Waals surface area contributed by atoms with Crippen molar-refractivity contribution in [3.63, 3.8) is 0 Å². The summed E-state index contributed by atoms with van der Waals surface area (Å²) < 4.78 is 29.8. The van der Waals surface area contributed by atoms with Crippen molar-refractivity contribution >= 4 is 16.0 Å². The van der Waals surface area contributed by atoms with Gasteiger partial charge in [-0.15, -0.1) is 0 Å². The molecule has 6 heteroatoms. The van der Waals surface area contributed by atoms with E-state index in [0.29, 0.717) is 0 Å². The molecule has 0 radical (unpaired) electrons. The lowest BCUT2D eigenvalue weighted by molar-refractivity contribution is -0.114. The van der Waals surface area contributed by atoms with Gasteiger partial charge in [-0.05, 0) is 12.3 Å². The molecule has 0 saturated heterocycles. The molecule has 0 fully saturated rings. The minimum absolute atomic E-state index is 0.277. The lowest BCUT2D eigenvalue weighted by Gasteiger charge is -2.18. The zero-order chi connectivity index (χ0) is 11.6. The van der Waals surface area contributed by atoms with Gasteiger partial charge in [-0.2, -0.15) is 8.42 Å². The standard InChI is InChI=1S/C8H15NO4S/c1-6(7(9)10)4-8(2,3)5-14(11,12)13/h4H,5H2,1-3H3,(H2,9,10)(H,11,12,13). The molecule has 0 aliphatic heterocycles. The molecular weight excluding hydrogens is 206 g/mol. The zero-order valence-corrected chi connectivity index (χ0v) is 9.26. The van der Waals surface area contributed by atoms with Gasteiger partial charge in [-0.25, -0.2) is 0 Å². The van der Waals surface area contributed by atoms with Gasteiger partial charge in [0, 0.05) is 5.57 Å². The highest BCUT2D eigenvalue weighted by atomic mass is 32.2. The highest BCUT2D eigenvalue weighted by Gasteiger charge is 2.23. The molecule has 0 spiro atoms. The van der Waals surface area contributed by atoms with Crippen LogP contribution in [0.5, 0.6) is 0 Å². The molecule has 3 N–H and O–H groups in total. The quantitative estimate of drug-likeness (QED) is 0.528. The van der Waals surface area contributed by atoms with Crippen LogP contribution in [0, 0.1) is 5.41 Å². The molecule has 0 aromatic carbocycles. The topological polar surface area (TPSA) is 97.5 Å². The zero-order valence-electron chi connectivity index (χ0n) is 8.44. The first-order valence-electron chi connectivity index (χ1n) is 3.98. The summed E-state index contributed by atoms with van der Waals surface area (Å²) in [5.41, 5.74) is 4.45. The van der Waals surface area contributed by atoms with Crippen molar-refractivity contribution in [3.05, 3.63) is 11.6 Å². The molecule has 82 valence electrons. The average Bonchev–Trinajstić information content (AvgIpc) is 1.78. The molecule has 0 aliphatic carbocycles. The minimum atomic E-state index is -4.05. The van der Waals surface area contributed by atoms with Crippen LogP contribution >= 0.6 is 0 Å². The van der Waals surface area contributed by atoms with Crippen LogP contribution in [-0.4, -0.2) is 24.6 Å². The highest BCUT2D eigenvalue weighted by molar-refractivity contribution is 7.85. The van der Waals surface area contributed by atoms with E-state index in [1.165, 1.54) is 13.0 Å². The van der Waals surface area contributed by atoms with Gasteiger partial charge in [0.2, 0.25) is 5.91 Å². The van der Waals surface area contributed by atoms with Crippen LogP contribution in [0.15, 0.2) is 11.6 Å². The average molecular weight is 221 g/mol. The summed E-state index contributed by atoms with van der Waals surface area (Å²) in [6, 6.07) is 0. The fraction of sp³-hybridized carbons (Fsp3) is 0.625. The molecule has 0 heterocycles. The number of carbonyl (C=O) groups is 1. The molecule has 5 nitrogen and oxygen atoms in total. The van der Waals surface area contributed by atoms with E-state index in [2.05, 4.69) is 0 Å². The van der Waals surface area contributed by atoms with Crippen molar-refractivity contribution in [2.45, 2.75) is 20.8 Å². The van der Waals surface area contributed by atoms with Gasteiger partial charge in [-0.1, -0.05) is 19.9 Å². The fourth-order valence-corrected chi connectivity index (χ4v) is 2.19. The van der Waals surface area contributed by atoms with Gasteiger partial charge in [0.15, 0.2) is 0 Å². The predicted octanol–water partition coefficient (Wildman–Crippen LogP) is 0.332. The van der Waals surface area contributed by atoms with Crippen LogP contribution in [0.2, 0.25) is 0 Å². The lowest BCUT2D eigenvalue weighted by Crippen LogP contribution is -2.23. The Bertz CT molecular complexity index is 354. The van der Waals surface area contributed by atoms with Crippen molar-refractivity contribution in [1.82, 2.24) is 0 Å². The van der Waals surface area contributed by atoms with E-state index in [4.69, 9.17) is 10.3 Å². The Kier molecular flexibility index (Phi) is 3.84. The number of allylic oxidation sites excluding steroid dienone is 1. The second-order valence-corrected chi connectivity index (χ2v) is 5.36. The van der Waals surface area contributed by atoms with Crippen LogP contribution in [0.4, 0.5) is 0 Å². The summed E-state index contributed by atoms with van der Waals surface area (Å²) >= 11 is 0. The third-order valence-electron chi connectivity index (χ3n) is 1.55. The number of carbonyl (C=O) groups excluding carboxylic acids is 1. The first kappa shape index (κ1) is 13.1. The van der Waals surface area contributed by atoms with Crippen LogP contribution < -0.4 is 5.73 Å². The number of primary amides is 1. The SMILES string of the molecule is CC(=CC(C)(C)CS(=O)(=O)O)C(N)=O. The van der Waals surface area contributed by atoms with Gasteiger partial charge in [-0.3, -0.25) is 9.35 Å². The van der Waals surface area contributed by atoms with E-state index in [1.54, 1.807) is 13.8 Å². The Hall–Kier alpha value is -0.880. The molecule has 14 heavy (non-hydrogen) atoms. The van der Waals surface area contributed by atoms with Gasteiger partial charge < -0.3 is 5.73 Å². The van der Waals surface area contributed by atoms with Crippen molar-refractivity contribution in [2.24, 2.45) is 11.1 Å².